The fourth-order valence-corrected chi connectivity index (χ4v) is 3.60. The Balaban J connectivity index is 1.58. The Labute approximate surface area is 191 Å². The second-order valence-electron chi connectivity index (χ2n) is 7.17. The van der Waals surface area contributed by atoms with Crippen LogP contribution < -0.4 is 26.5 Å². The first-order valence-corrected chi connectivity index (χ1v) is 10.1. The lowest BCUT2D eigenvalue weighted by molar-refractivity contribution is 0.0474. The molecule has 1 aliphatic rings. The van der Waals surface area contributed by atoms with Gasteiger partial charge in [0.25, 0.3) is 5.56 Å². The summed E-state index contributed by atoms with van der Waals surface area (Å²) in [4.78, 5) is 50.4. The molecule has 170 valence electrons. The number of nitrogen functional groups attached to an aromatic ring is 1. The third-order valence-corrected chi connectivity index (χ3v) is 5.32. The van der Waals surface area contributed by atoms with E-state index in [1.165, 1.54) is 19.2 Å². The van der Waals surface area contributed by atoms with Crippen LogP contribution in [0.2, 0.25) is 5.02 Å². The Bertz CT molecular complexity index is 1380. The first-order valence-electron chi connectivity index (χ1n) is 9.70. The average Bonchev–Trinajstić information content (AvgIpc) is 3.29. The van der Waals surface area contributed by atoms with E-state index >= 15 is 0 Å². The van der Waals surface area contributed by atoms with Crippen molar-refractivity contribution < 1.29 is 23.8 Å². The number of ketones is 1. The highest BCUT2D eigenvalue weighted by molar-refractivity contribution is 6.32. The highest BCUT2D eigenvalue weighted by atomic mass is 35.5. The highest BCUT2D eigenvalue weighted by Gasteiger charge is 2.25. The average molecular weight is 472 g/mol. The molecule has 0 bridgehead atoms. The van der Waals surface area contributed by atoms with Crippen LogP contribution in [0.5, 0.6) is 11.5 Å². The van der Waals surface area contributed by atoms with E-state index in [2.05, 4.69) is 0 Å². The van der Waals surface area contributed by atoms with Gasteiger partial charge in [0.15, 0.2) is 18.1 Å². The molecule has 0 fully saturated rings. The molecule has 2 heterocycles. The third-order valence-electron chi connectivity index (χ3n) is 5.04. The maximum atomic E-state index is 12.8. The van der Waals surface area contributed by atoms with Crippen molar-refractivity contribution in [1.29, 1.82) is 0 Å². The van der Waals surface area contributed by atoms with Gasteiger partial charge in [-0.1, -0.05) is 41.9 Å². The maximum absolute atomic E-state index is 12.8. The van der Waals surface area contributed by atoms with Crippen molar-refractivity contribution in [2.75, 3.05) is 19.1 Å². The minimum atomic E-state index is -0.881. The van der Waals surface area contributed by atoms with E-state index in [0.29, 0.717) is 5.75 Å². The van der Waals surface area contributed by atoms with Crippen LogP contribution in [0.15, 0.2) is 52.1 Å². The topological polar surface area (TPSA) is 132 Å². The summed E-state index contributed by atoms with van der Waals surface area (Å²) in [5.74, 6) is -1.45. The van der Waals surface area contributed by atoms with Gasteiger partial charge in [0, 0.05) is 7.05 Å². The molecule has 4 rings (SSSR count). The van der Waals surface area contributed by atoms with E-state index in [1.54, 1.807) is 24.3 Å². The molecule has 1 aliphatic heterocycles. The molecule has 11 heteroatoms. The Kier molecular flexibility index (Phi) is 5.93. The molecule has 0 unspecified atom stereocenters. The summed E-state index contributed by atoms with van der Waals surface area (Å²) in [5.41, 5.74) is 4.82. The molecule has 2 N–H and O–H groups in total. The number of fused-ring (bicyclic) bond motifs is 1. The van der Waals surface area contributed by atoms with Gasteiger partial charge in [0.1, 0.15) is 11.4 Å². The van der Waals surface area contributed by atoms with Gasteiger partial charge in [0.05, 0.1) is 17.1 Å². The lowest BCUT2D eigenvalue weighted by Gasteiger charge is -2.15. The molecule has 0 aliphatic carbocycles. The largest absolute Gasteiger partial charge is 0.454 e. The molecule has 33 heavy (non-hydrogen) atoms. The molecule has 0 amide bonds. The summed E-state index contributed by atoms with van der Waals surface area (Å²) in [5, 5.41) is 0.148. The molecular weight excluding hydrogens is 454 g/mol. The minimum Gasteiger partial charge on any atom is -0.454 e. The van der Waals surface area contributed by atoms with Crippen LogP contribution in [0, 0.1) is 0 Å². The predicted molar refractivity (Wildman–Crippen MR) is 118 cm³/mol. The molecule has 10 nitrogen and oxygen atoms in total. The van der Waals surface area contributed by atoms with Gasteiger partial charge in [-0.05, 0) is 17.7 Å². The van der Waals surface area contributed by atoms with Gasteiger partial charge in [-0.3, -0.25) is 18.7 Å². The molecule has 0 saturated carbocycles. The van der Waals surface area contributed by atoms with Crippen molar-refractivity contribution in [3.8, 4) is 11.5 Å². The minimum absolute atomic E-state index is 0.0342. The quantitative estimate of drug-likeness (QED) is 0.423. The molecule has 0 atom stereocenters. The summed E-state index contributed by atoms with van der Waals surface area (Å²) >= 11 is 6.06. The van der Waals surface area contributed by atoms with Crippen molar-refractivity contribution in [1.82, 2.24) is 9.13 Å². The van der Waals surface area contributed by atoms with E-state index in [0.717, 1.165) is 14.7 Å². The number of Topliss-reactive ketones (excluding diaryl/α,β-unsaturated/α-hetero) is 1. The zero-order valence-corrected chi connectivity index (χ0v) is 18.1. The number of hydrogen-bond donors (Lipinski definition) is 1. The van der Waals surface area contributed by atoms with Gasteiger partial charge >= 0.3 is 11.7 Å². The molecule has 0 radical (unpaired) electrons. The number of ether oxygens (including phenoxy) is 3. The van der Waals surface area contributed by atoms with Crippen LogP contribution in [0.25, 0.3) is 0 Å². The SMILES string of the molecule is Cn1c(=O)c(C(=O)COC(=O)c2cc(Cl)c3c(c2)OCO3)c(N)n(Cc2ccccc2)c1=O. The first-order chi connectivity index (χ1) is 15.8. The second kappa shape index (κ2) is 8.83. The zero-order chi connectivity index (χ0) is 23.7. The highest BCUT2D eigenvalue weighted by Crippen LogP contribution is 2.39. The standard InChI is InChI=1S/C22H18ClN3O7/c1-25-20(28)17(19(24)26(22(25)30)9-12-5-3-2-4-6-12)15(27)10-31-21(29)13-7-14(23)18-16(8-13)32-11-33-18/h2-8H,9-11,24H2,1H3. The molecule has 1 aromatic heterocycles. The first kappa shape index (κ1) is 22.2. The molecule has 0 spiro atoms. The van der Waals surface area contributed by atoms with E-state index < -0.39 is 35.2 Å². The van der Waals surface area contributed by atoms with E-state index in [9.17, 15) is 19.2 Å². The number of nitrogens with two attached hydrogens (primary N) is 1. The fourth-order valence-electron chi connectivity index (χ4n) is 3.34. The molecule has 2 aromatic carbocycles. The summed E-state index contributed by atoms with van der Waals surface area (Å²) in [6, 6.07) is 11.6. The van der Waals surface area contributed by atoms with Crippen LogP contribution in [0.1, 0.15) is 26.3 Å². The molecule has 3 aromatic rings. The fraction of sp³-hybridized carbons (Fsp3) is 0.182. The number of halogens is 1. The third kappa shape index (κ3) is 4.20. The Morgan fingerprint density at radius 3 is 2.61 bits per heavy atom. The monoisotopic (exact) mass is 471 g/mol. The summed E-state index contributed by atoms with van der Waals surface area (Å²) in [6.45, 7) is -0.753. The van der Waals surface area contributed by atoms with Crippen molar-refractivity contribution in [3.05, 3.63) is 85.0 Å². The Morgan fingerprint density at radius 2 is 1.88 bits per heavy atom. The Morgan fingerprint density at radius 1 is 1.15 bits per heavy atom. The van der Waals surface area contributed by atoms with Crippen molar-refractivity contribution >= 4 is 29.2 Å². The number of nitrogens with zero attached hydrogens (tertiary/aromatic N) is 2. The lowest BCUT2D eigenvalue weighted by atomic mass is 10.1. The van der Waals surface area contributed by atoms with Crippen LogP contribution in [-0.4, -0.2) is 34.3 Å². The predicted octanol–water partition coefficient (Wildman–Crippen LogP) is 1.60. The van der Waals surface area contributed by atoms with Crippen molar-refractivity contribution in [3.63, 3.8) is 0 Å². The van der Waals surface area contributed by atoms with Crippen LogP contribution in [0.4, 0.5) is 5.82 Å². The van der Waals surface area contributed by atoms with E-state index in [-0.39, 0.29) is 35.5 Å². The normalized spacial score (nSPS) is 11.9. The summed E-state index contributed by atoms with van der Waals surface area (Å²) < 4.78 is 17.4. The maximum Gasteiger partial charge on any atom is 0.338 e. The van der Waals surface area contributed by atoms with E-state index in [1.807, 2.05) is 6.07 Å². The molecule has 0 saturated heterocycles. The number of benzene rings is 2. The lowest BCUT2D eigenvalue weighted by Crippen LogP contribution is -2.43. The summed E-state index contributed by atoms with van der Waals surface area (Å²) in [6.07, 6.45) is 0. The second-order valence-corrected chi connectivity index (χ2v) is 7.58. The van der Waals surface area contributed by atoms with Crippen molar-refractivity contribution in [2.24, 2.45) is 7.05 Å². The zero-order valence-electron chi connectivity index (χ0n) is 17.4. The van der Waals surface area contributed by atoms with Gasteiger partial charge in [0.2, 0.25) is 12.6 Å². The number of carbonyl (C=O) groups excluding carboxylic acids is 2. The van der Waals surface area contributed by atoms with Gasteiger partial charge in [-0.2, -0.15) is 0 Å². The number of esters is 1. The van der Waals surface area contributed by atoms with E-state index in [4.69, 9.17) is 31.5 Å². The van der Waals surface area contributed by atoms with Crippen LogP contribution in [-0.2, 0) is 18.3 Å². The van der Waals surface area contributed by atoms with Crippen molar-refractivity contribution in [2.45, 2.75) is 6.54 Å². The molecular formula is C22H18ClN3O7. The number of anilines is 1. The number of aromatic nitrogens is 2. The Hall–Kier alpha value is -4.05. The number of hydrogen-bond acceptors (Lipinski definition) is 8. The summed E-state index contributed by atoms with van der Waals surface area (Å²) in [7, 11) is 1.24. The van der Waals surface area contributed by atoms with Crippen LogP contribution in [0.3, 0.4) is 0 Å². The number of carbonyl (C=O) groups is 2. The van der Waals surface area contributed by atoms with Crippen LogP contribution >= 0.6 is 11.6 Å². The van der Waals surface area contributed by atoms with Gasteiger partial charge in [-0.25, -0.2) is 9.59 Å². The number of rotatable bonds is 6. The van der Waals surface area contributed by atoms with Gasteiger partial charge in [-0.15, -0.1) is 0 Å². The smallest absolute Gasteiger partial charge is 0.338 e. The van der Waals surface area contributed by atoms with Gasteiger partial charge < -0.3 is 19.9 Å².